The molecule has 0 N–H and O–H groups in total. The third-order valence-corrected chi connectivity index (χ3v) is 4.76. The topological polar surface area (TPSA) is 25.2 Å². The largest absolute Gasteiger partial charge is 0.349 e. The van der Waals surface area contributed by atoms with E-state index in [0.717, 1.165) is 30.8 Å². The van der Waals surface area contributed by atoms with Crippen molar-refractivity contribution in [1.29, 1.82) is 0 Å². The van der Waals surface area contributed by atoms with Crippen LogP contribution in [0.3, 0.4) is 0 Å². The van der Waals surface area contributed by atoms with E-state index in [-0.39, 0.29) is 5.78 Å². The van der Waals surface area contributed by atoms with Crippen molar-refractivity contribution in [2.45, 2.75) is 66.0 Å². The fraction of sp³-hybridized carbons (Fsp3) is 0.706. The molecule has 0 bridgehead atoms. The van der Waals surface area contributed by atoms with E-state index in [2.05, 4.69) is 43.2 Å². The average molecular weight is 276 g/mol. The predicted octanol–water partition coefficient (Wildman–Crippen LogP) is 3.57. The maximum Gasteiger partial charge on any atom is 0.178 e. The van der Waals surface area contributed by atoms with Gasteiger partial charge in [0.05, 0.1) is 6.54 Å². The number of hydrogen-bond donors (Lipinski definition) is 0. The van der Waals surface area contributed by atoms with E-state index in [1.165, 1.54) is 25.0 Å². The second-order valence-corrected chi connectivity index (χ2v) is 5.98. The molecule has 0 amide bonds. The van der Waals surface area contributed by atoms with E-state index in [1.807, 2.05) is 0 Å². The number of nitrogens with zero attached hydrogens (tertiary/aromatic N) is 2. The molecule has 2 heterocycles. The Morgan fingerprint density at radius 3 is 2.65 bits per heavy atom. The first-order valence-corrected chi connectivity index (χ1v) is 8.02. The Bertz CT molecular complexity index is 476. The summed E-state index contributed by atoms with van der Waals surface area (Å²) in [6, 6.07) is 2.66. The standard InChI is InChI=1S/C17H28N2O/c1-5-15-9-7-8-10-18(15)12-17(20)16-11-13(3)19(6-2)14(16)4/h11,15H,5-10,12H2,1-4H3. The smallest absolute Gasteiger partial charge is 0.178 e. The van der Waals surface area contributed by atoms with Gasteiger partial charge in [0.15, 0.2) is 5.78 Å². The van der Waals surface area contributed by atoms with Gasteiger partial charge in [-0.15, -0.1) is 0 Å². The highest BCUT2D eigenvalue weighted by Crippen LogP contribution is 2.21. The van der Waals surface area contributed by atoms with E-state index >= 15 is 0 Å². The number of aryl methyl sites for hydroxylation is 1. The maximum absolute atomic E-state index is 12.6. The van der Waals surface area contributed by atoms with Gasteiger partial charge in [0.2, 0.25) is 0 Å². The van der Waals surface area contributed by atoms with Gasteiger partial charge in [0.25, 0.3) is 0 Å². The molecule has 0 aromatic carbocycles. The second kappa shape index (κ2) is 6.57. The van der Waals surface area contributed by atoms with Crippen molar-refractivity contribution in [1.82, 2.24) is 9.47 Å². The van der Waals surface area contributed by atoms with Crippen LogP contribution in [0.2, 0.25) is 0 Å². The number of piperidine rings is 1. The minimum atomic E-state index is 0.290. The van der Waals surface area contributed by atoms with Crippen LogP contribution in [0.15, 0.2) is 6.07 Å². The maximum atomic E-state index is 12.6. The lowest BCUT2D eigenvalue weighted by atomic mass is 9.99. The highest BCUT2D eigenvalue weighted by molar-refractivity contribution is 5.99. The lowest BCUT2D eigenvalue weighted by Gasteiger charge is -2.34. The number of aromatic nitrogens is 1. The van der Waals surface area contributed by atoms with Crippen molar-refractivity contribution in [2.75, 3.05) is 13.1 Å². The molecule has 3 nitrogen and oxygen atoms in total. The Labute approximate surface area is 123 Å². The molecule has 112 valence electrons. The van der Waals surface area contributed by atoms with Crippen molar-refractivity contribution < 1.29 is 4.79 Å². The number of ketones is 1. The highest BCUT2D eigenvalue weighted by atomic mass is 16.1. The number of carbonyl (C=O) groups is 1. The van der Waals surface area contributed by atoms with Crippen molar-refractivity contribution in [3.63, 3.8) is 0 Å². The van der Waals surface area contributed by atoms with Crippen LogP contribution in [0.4, 0.5) is 0 Å². The Morgan fingerprint density at radius 2 is 2.05 bits per heavy atom. The zero-order chi connectivity index (χ0) is 14.7. The van der Waals surface area contributed by atoms with Crippen molar-refractivity contribution in [2.24, 2.45) is 0 Å². The summed E-state index contributed by atoms with van der Waals surface area (Å²) in [6.07, 6.45) is 4.95. The predicted molar refractivity (Wildman–Crippen MR) is 83.4 cm³/mol. The van der Waals surface area contributed by atoms with Crippen LogP contribution in [-0.4, -0.2) is 34.4 Å². The quantitative estimate of drug-likeness (QED) is 0.768. The molecule has 0 spiro atoms. The van der Waals surface area contributed by atoms with E-state index in [0.29, 0.717) is 12.6 Å². The van der Waals surface area contributed by atoms with Crippen LogP contribution in [0.5, 0.6) is 0 Å². The first-order valence-electron chi connectivity index (χ1n) is 8.02. The van der Waals surface area contributed by atoms with Gasteiger partial charge < -0.3 is 4.57 Å². The summed E-state index contributed by atoms with van der Waals surface area (Å²) in [5, 5.41) is 0. The summed E-state index contributed by atoms with van der Waals surface area (Å²) >= 11 is 0. The molecule has 1 saturated heterocycles. The van der Waals surface area contributed by atoms with Gasteiger partial charge in [-0.2, -0.15) is 0 Å². The number of Topliss-reactive ketones (excluding diaryl/α,β-unsaturated/α-hetero) is 1. The van der Waals surface area contributed by atoms with Crippen molar-refractivity contribution in [3.05, 3.63) is 23.0 Å². The van der Waals surface area contributed by atoms with Crippen LogP contribution < -0.4 is 0 Å². The average Bonchev–Trinajstić information content (AvgIpc) is 2.74. The van der Waals surface area contributed by atoms with Crippen LogP contribution in [0.1, 0.15) is 61.3 Å². The van der Waals surface area contributed by atoms with Gasteiger partial charge in [0, 0.05) is 29.5 Å². The first-order chi connectivity index (χ1) is 9.58. The van der Waals surface area contributed by atoms with E-state index < -0.39 is 0 Å². The van der Waals surface area contributed by atoms with Gasteiger partial charge in [-0.1, -0.05) is 13.3 Å². The van der Waals surface area contributed by atoms with Gasteiger partial charge in [-0.25, -0.2) is 0 Å². The molecular formula is C17H28N2O. The summed E-state index contributed by atoms with van der Waals surface area (Å²) in [5.41, 5.74) is 3.24. The van der Waals surface area contributed by atoms with Gasteiger partial charge in [0.1, 0.15) is 0 Å². The van der Waals surface area contributed by atoms with E-state index in [9.17, 15) is 4.79 Å². The lowest BCUT2D eigenvalue weighted by Crippen LogP contribution is -2.42. The Kier molecular flexibility index (Phi) is 5.03. The number of hydrogen-bond acceptors (Lipinski definition) is 2. The van der Waals surface area contributed by atoms with E-state index in [1.54, 1.807) is 0 Å². The Hall–Kier alpha value is -1.09. The highest BCUT2D eigenvalue weighted by Gasteiger charge is 2.24. The molecule has 1 aromatic heterocycles. The summed E-state index contributed by atoms with van der Waals surface area (Å²) in [5.74, 6) is 0.290. The molecule has 3 heteroatoms. The molecule has 1 aliphatic rings. The molecule has 2 rings (SSSR count). The number of rotatable bonds is 5. The molecule has 20 heavy (non-hydrogen) atoms. The molecule has 0 aliphatic carbocycles. The van der Waals surface area contributed by atoms with Gasteiger partial charge in [-0.05, 0) is 52.6 Å². The molecule has 1 fully saturated rings. The Balaban J connectivity index is 2.11. The molecule has 1 unspecified atom stereocenters. The third kappa shape index (κ3) is 2.98. The van der Waals surface area contributed by atoms with Crippen LogP contribution in [0.25, 0.3) is 0 Å². The molecule has 1 aliphatic heterocycles. The molecule has 0 radical (unpaired) electrons. The molecule has 1 aromatic rings. The van der Waals surface area contributed by atoms with Crippen LogP contribution in [0, 0.1) is 13.8 Å². The monoisotopic (exact) mass is 276 g/mol. The minimum Gasteiger partial charge on any atom is -0.349 e. The first kappa shape index (κ1) is 15.3. The molecular weight excluding hydrogens is 248 g/mol. The number of carbonyl (C=O) groups excluding carboxylic acids is 1. The Morgan fingerprint density at radius 1 is 1.30 bits per heavy atom. The SMILES string of the molecule is CCC1CCCCN1CC(=O)c1cc(C)n(CC)c1C. The fourth-order valence-corrected chi connectivity index (χ4v) is 3.57. The van der Waals surface area contributed by atoms with Gasteiger partial charge >= 0.3 is 0 Å². The normalized spacial score (nSPS) is 20.3. The van der Waals surface area contributed by atoms with Crippen LogP contribution in [-0.2, 0) is 6.54 Å². The molecule has 1 atom stereocenters. The minimum absolute atomic E-state index is 0.290. The summed E-state index contributed by atoms with van der Waals surface area (Å²) < 4.78 is 2.22. The summed E-state index contributed by atoms with van der Waals surface area (Å²) in [4.78, 5) is 15.0. The van der Waals surface area contributed by atoms with Gasteiger partial charge in [-0.3, -0.25) is 9.69 Å². The van der Waals surface area contributed by atoms with Crippen molar-refractivity contribution >= 4 is 5.78 Å². The van der Waals surface area contributed by atoms with Crippen LogP contribution >= 0.6 is 0 Å². The lowest BCUT2D eigenvalue weighted by molar-refractivity contribution is 0.0837. The second-order valence-electron chi connectivity index (χ2n) is 5.98. The summed E-state index contributed by atoms with van der Waals surface area (Å²) in [7, 11) is 0. The number of likely N-dealkylation sites (tertiary alicyclic amines) is 1. The zero-order valence-corrected chi connectivity index (χ0v) is 13.4. The molecule has 0 saturated carbocycles. The van der Waals surface area contributed by atoms with Crippen molar-refractivity contribution in [3.8, 4) is 0 Å². The fourth-order valence-electron chi connectivity index (χ4n) is 3.57. The summed E-state index contributed by atoms with van der Waals surface area (Å²) in [6.45, 7) is 11.1. The van der Waals surface area contributed by atoms with E-state index in [4.69, 9.17) is 0 Å². The third-order valence-electron chi connectivity index (χ3n) is 4.76. The zero-order valence-electron chi connectivity index (χ0n) is 13.4.